The van der Waals surface area contributed by atoms with E-state index in [-0.39, 0.29) is 6.54 Å². The van der Waals surface area contributed by atoms with Gasteiger partial charge in [-0.25, -0.2) is 4.79 Å². The van der Waals surface area contributed by atoms with Crippen LogP contribution in [-0.2, 0) is 25.7 Å². The Hall–Kier alpha value is -4.40. The largest absolute Gasteiger partial charge is 0.477 e. The second kappa shape index (κ2) is 10.5. The molecule has 0 spiro atoms. The SMILES string of the molecule is Cc1ccc(Cn2nc(C)c(/C=C/C(=O)OCC(=O)N3C[C@@H](C(N)=O)Oc4ccccc43)c2C)cc1. The number of hydrogen-bond donors (Lipinski definition) is 1. The topological polar surface area (TPSA) is 117 Å². The molecule has 0 radical (unpaired) electrons. The first kappa shape index (κ1) is 24.7. The lowest BCUT2D eigenvalue weighted by atomic mass is 10.1. The van der Waals surface area contributed by atoms with Crippen molar-refractivity contribution in [2.75, 3.05) is 18.1 Å². The van der Waals surface area contributed by atoms with Crippen LogP contribution in [-0.4, -0.2) is 46.8 Å². The van der Waals surface area contributed by atoms with Crippen LogP contribution in [0.3, 0.4) is 0 Å². The van der Waals surface area contributed by atoms with Crippen molar-refractivity contribution in [3.05, 3.63) is 82.7 Å². The first-order valence-electron chi connectivity index (χ1n) is 11.5. The molecular weight excluding hydrogens is 460 g/mol. The fourth-order valence-corrected chi connectivity index (χ4v) is 4.00. The summed E-state index contributed by atoms with van der Waals surface area (Å²) in [6.07, 6.45) is 1.94. The molecule has 0 saturated heterocycles. The lowest BCUT2D eigenvalue weighted by Crippen LogP contribution is -2.50. The third-order valence-electron chi connectivity index (χ3n) is 6.01. The van der Waals surface area contributed by atoms with E-state index in [1.165, 1.54) is 16.5 Å². The number of nitrogens with two attached hydrogens (primary N) is 1. The monoisotopic (exact) mass is 488 g/mol. The van der Waals surface area contributed by atoms with Crippen LogP contribution in [0, 0.1) is 20.8 Å². The number of ether oxygens (including phenoxy) is 2. The quantitative estimate of drug-likeness (QED) is 0.404. The van der Waals surface area contributed by atoms with Gasteiger partial charge in [-0.2, -0.15) is 5.10 Å². The van der Waals surface area contributed by atoms with Crippen LogP contribution in [0.25, 0.3) is 6.08 Å². The number of hydrogen-bond acceptors (Lipinski definition) is 6. The normalized spacial score (nSPS) is 14.9. The molecular formula is C27H28N4O5. The van der Waals surface area contributed by atoms with Gasteiger partial charge in [-0.05, 0) is 44.5 Å². The highest BCUT2D eigenvalue weighted by Gasteiger charge is 2.32. The number of fused-ring (bicyclic) bond motifs is 1. The van der Waals surface area contributed by atoms with Gasteiger partial charge in [0.05, 0.1) is 24.5 Å². The van der Waals surface area contributed by atoms with Crippen LogP contribution in [0.2, 0.25) is 0 Å². The smallest absolute Gasteiger partial charge is 0.331 e. The van der Waals surface area contributed by atoms with Crippen molar-refractivity contribution in [2.45, 2.75) is 33.4 Å². The van der Waals surface area contributed by atoms with Gasteiger partial charge < -0.3 is 20.1 Å². The maximum atomic E-state index is 12.8. The molecule has 0 bridgehead atoms. The second-order valence-electron chi connectivity index (χ2n) is 8.65. The molecule has 1 atom stereocenters. The highest BCUT2D eigenvalue weighted by Crippen LogP contribution is 2.33. The van der Waals surface area contributed by atoms with Gasteiger partial charge in [0, 0.05) is 17.3 Å². The van der Waals surface area contributed by atoms with Crippen molar-refractivity contribution in [1.29, 1.82) is 0 Å². The minimum atomic E-state index is -0.984. The summed E-state index contributed by atoms with van der Waals surface area (Å²) in [5.74, 6) is -1.48. The van der Waals surface area contributed by atoms with E-state index in [9.17, 15) is 14.4 Å². The van der Waals surface area contributed by atoms with Crippen LogP contribution >= 0.6 is 0 Å². The van der Waals surface area contributed by atoms with Crippen molar-refractivity contribution < 1.29 is 23.9 Å². The summed E-state index contributed by atoms with van der Waals surface area (Å²) in [5.41, 5.74) is 10.7. The van der Waals surface area contributed by atoms with Crippen LogP contribution in [0.15, 0.2) is 54.6 Å². The van der Waals surface area contributed by atoms with Gasteiger partial charge in [0.25, 0.3) is 11.8 Å². The Morgan fingerprint density at radius 2 is 1.83 bits per heavy atom. The predicted molar refractivity (Wildman–Crippen MR) is 134 cm³/mol. The summed E-state index contributed by atoms with van der Waals surface area (Å²) in [4.78, 5) is 38.2. The number of aromatic nitrogens is 2. The van der Waals surface area contributed by atoms with Crippen LogP contribution in [0.5, 0.6) is 5.75 Å². The van der Waals surface area contributed by atoms with Crippen molar-refractivity contribution in [2.24, 2.45) is 5.73 Å². The van der Waals surface area contributed by atoms with E-state index in [1.807, 2.05) is 25.5 Å². The summed E-state index contributed by atoms with van der Waals surface area (Å²) < 4.78 is 12.6. The molecule has 4 rings (SSSR count). The molecule has 1 aliphatic rings. The van der Waals surface area contributed by atoms with Gasteiger partial charge in [-0.15, -0.1) is 0 Å². The zero-order chi connectivity index (χ0) is 25.8. The summed E-state index contributed by atoms with van der Waals surface area (Å²) >= 11 is 0. The van der Waals surface area contributed by atoms with Crippen LogP contribution < -0.4 is 15.4 Å². The molecule has 0 unspecified atom stereocenters. The van der Waals surface area contributed by atoms with E-state index >= 15 is 0 Å². The van der Waals surface area contributed by atoms with E-state index in [0.29, 0.717) is 18.0 Å². The number of aryl methyl sites for hydroxylation is 2. The number of carbonyl (C=O) groups excluding carboxylic acids is 3. The average molecular weight is 489 g/mol. The van der Waals surface area contributed by atoms with Crippen LogP contribution in [0.1, 0.15) is 28.1 Å². The zero-order valence-corrected chi connectivity index (χ0v) is 20.4. The molecule has 0 fully saturated rings. The molecule has 3 aromatic rings. The number of rotatable bonds is 7. The maximum Gasteiger partial charge on any atom is 0.331 e. The average Bonchev–Trinajstić information content (AvgIpc) is 3.13. The highest BCUT2D eigenvalue weighted by molar-refractivity contribution is 5.99. The van der Waals surface area contributed by atoms with Crippen molar-refractivity contribution >= 4 is 29.5 Å². The Morgan fingerprint density at radius 1 is 1.11 bits per heavy atom. The Bertz CT molecular complexity index is 1330. The number of anilines is 1. The summed E-state index contributed by atoms with van der Waals surface area (Å²) in [6, 6.07) is 15.0. The fraction of sp³-hybridized carbons (Fsp3) is 0.259. The predicted octanol–water partition coefficient (Wildman–Crippen LogP) is 2.69. The van der Waals surface area contributed by atoms with Crippen LogP contribution in [0.4, 0.5) is 5.69 Å². The second-order valence-corrected chi connectivity index (χ2v) is 8.65. The number of carbonyl (C=O) groups is 3. The zero-order valence-electron chi connectivity index (χ0n) is 20.4. The molecule has 186 valence electrons. The lowest BCUT2D eigenvalue weighted by molar-refractivity contribution is -0.143. The van der Waals surface area contributed by atoms with E-state index in [2.05, 4.69) is 29.4 Å². The number of esters is 1. The molecule has 1 aliphatic heterocycles. The molecule has 0 saturated carbocycles. The number of benzene rings is 2. The van der Waals surface area contributed by atoms with Gasteiger partial charge in [-0.1, -0.05) is 42.0 Å². The lowest BCUT2D eigenvalue weighted by Gasteiger charge is -2.33. The Balaban J connectivity index is 1.39. The molecule has 2 amide bonds. The molecule has 36 heavy (non-hydrogen) atoms. The first-order chi connectivity index (χ1) is 17.2. The minimum Gasteiger partial charge on any atom is -0.477 e. The Labute approximate surface area is 209 Å². The fourth-order valence-electron chi connectivity index (χ4n) is 4.00. The Morgan fingerprint density at radius 3 is 2.56 bits per heavy atom. The third-order valence-corrected chi connectivity index (χ3v) is 6.01. The summed E-state index contributed by atoms with van der Waals surface area (Å²) in [7, 11) is 0. The highest BCUT2D eigenvalue weighted by atomic mass is 16.5. The molecule has 9 nitrogen and oxygen atoms in total. The number of para-hydroxylation sites is 2. The standard InChI is InChI=1S/C27H28N4O5/c1-17-8-10-20(11-9-17)14-31-19(3)21(18(2)29-31)12-13-26(33)35-16-25(32)30-15-24(27(28)34)36-23-7-5-4-6-22(23)30/h4-13,24H,14-16H2,1-3H3,(H2,28,34)/b13-12+/t24-/m0/s1. The van der Waals surface area contributed by atoms with Gasteiger partial charge in [0.2, 0.25) is 0 Å². The van der Waals surface area contributed by atoms with Crippen molar-refractivity contribution in [1.82, 2.24) is 9.78 Å². The summed E-state index contributed by atoms with van der Waals surface area (Å²) in [5, 5.41) is 4.59. The summed E-state index contributed by atoms with van der Waals surface area (Å²) in [6.45, 7) is 5.92. The third kappa shape index (κ3) is 5.46. The molecule has 9 heteroatoms. The van der Waals surface area contributed by atoms with Crippen molar-refractivity contribution in [3.8, 4) is 5.75 Å². The molecule has 1 aromatic heterocycles. The van der Waals surface area contributed by atoms with Gasteiger partial charge >= 0.3 is 5.97 Å². The molecule has 0 aliphatic carbocycles. The first-order valence-corrected chi connectivity index (χ1v) is 11.5. The molecule has 2 N–H and O–H groups in total. The van der Waals surface area contributed by atoms with Crippen molar-refractivity contribution in [3.63, 3.8) is 0 Å². The molecule has 2 heterocycles. The Kier molecular flexibility index (Phi) is 7.19. The maximum absolute atomic E-state index is 12.8. The van der Waals surface area contributed by atoms with E-state index in [1.54, 1.807) is 30.3 Å². The molecule has 2 aromatic carbocycles. The minimum absolute atomic E-state index is 0.0584. The van der Waals surface area contributed by atoms with Gasteiger partial charge in [0.15, 0.2) is 12.7 Å². The van der Waals surface area contributed by atoms with E-state index < -0.39 is 30.5 Å². The van der Waals surface area contributed by atoms with Gasteiger partial charge in [0.1, 0.15) is 5.75 Å². The van der Waals surface area contributed by atoms with Gasteiger partial charge in [-0.3, -0.25) is 14.3 Å². The van der Waals surface area contributed by atoms with E-state index in [0.717, 1.165) is 22.5 Å². The van der Waals surface area contributed by atoms with E-state index in [4.69, 9.17) is 15.2 Å². The number of nitrogens with zero attached hydrogens (tertiary/aromatic N) is 3. The number of amides is 2. The number of primary amides is 1.